The molecular formula is C17H26N2OS. The number of nitrogens with zero attached hydrogens (tertiary/aromatic N) is 1. The SMILES string of the molecule is Cc1sc(CNC2CC2)cc1CN1CCOC2CCCC21. The van der Waals surface area contributed by atoms with Crippen molar-refractivity contribution in [2.75, 3.05) is 13.2 Å². The molecule has 1 saturated heterocycles. The number of fused-ring (bicyclic) bond motifs is 1. The number of hydrogen-bond donors (Lipinski definition) is 1. The molecule has 21 heavy (non-hydrogen) atoms. The molecule has 3 nitrogen and oxygen atoms in total. The first kappa shape index (κ1) is 14.2. The average Bonchev–Trinajstić information content (AvgIpc) is 3.07. The predicted octanol–water partition coefficient (Wildman–Crippen LogP) is 3.06. The van der Waals surface area contributed by atoms with E-state index in [2.05, 4.69) is 23.2 Å². The van der Waals surface area contributed by atoms with Gasteiger partial charge < -0.3 is 10.1 Å². The Kier molecular flexibility index (Phi) is 4.05. The van der Waals surface area contributed by atoms with Gasteiger partial charge in [0.25, 0.3) is 0 Å². The standard InChI is InChI=1S/C17H26N2OS/c1-12-13(9-15(21-12)10-18-14-5-6-14)11-19-7-8-20-17-4-2-3-16(17)19/h9,14,16-18H,2-8,10-11H2,1H3. The maximum atomic E-state index is 5.93. The summed E-state index contributed by atoms with van der Waals surface area (Å²) in [5.41, 5.74) is 1.54. The molecule has 2 saturated carbocycles. The summed E-state index contributed by atoms with van der Waals surface area (Å²) in [5, 5.41) is 3.63. The second-order valence-electron chi connectivity index (χ2n) is 6.83. The number of nitrogens with one attached hydrogen (secondary N) is 1. The molecule has 3 fully saturated rings. The zero-order valence-electron chi connectivity index (χ0n) is 12.9. The number of hydrogen-bond acceptors (Lipinski definition) is 4. The Morgan fingerprint density at radius 2 is 2.24 bits per heavy atom. The lowest BCUT2D eigenvalue weighted by Crippen LogP contribution is -2.47. The summed E-state index contributed by atoms with van der Waals surface area (Å²) in [7, 11) is 0. The zero-order valence-corrected chi connectivity index (χ0v) is 13.8. The van der Waals surface area contributed by atoms with E-state index in [0.717, 1.165) is 32.3 Å². The van der Waals surface area contributed by atoms with Gasteiger partial charge in [-0.05, 0) is 50.7 Å². The van der Waals surface area contributed by atoms with E-state index in [4.69, 9.17) is 4.74 Å². The molecule has 0 spiro atoms. The molecule has 0 aromatic carbocycles. The Hall–Kier alpha value is -0.420. The predicted molar refractivity (Wildman–Crippen MR) is 86.7 cm³/mol. The Labute approximate surface area is 131 Å². The summed E-state index contributed by atoms with van der Waals surface area (Å²) in [4.78, 5) is 5.68. The Morgan fingerprint density at radius 1 is 1.33 bits per heavy atom. The van der Waals surface area contributed by atoms with Gasteiger partial charge in [0.2, 0.25) is 0 Å². The molecule has 4 rings (SSSR count). The van der Waals surface area contributed by atoms with Gasteiger partial charge in [0.1, 0.15) is 0 Å². The average molecular weight is 306 g/mol. The molecule has 3 aliphatic rings. The van der Waals surface area contributed by atoms with Gasteiger partial charge in [0.05, 0.1) is 12.7 Å². The molecule has 2 atom stereocenters. The van der Waals surface area contributed by atoms with Gasteiger partial charge in [0.15, 0.2) is 0 Å². The molecule has 1 N–H and O–H groups in total. The van der Waals surface area contributed by atoms with Crippen LogP contribution < -0.4 is 5.32 Å². The third kappa shape index (κ3) is 3.19. The molecule has 0 bridgehead atoms. The number of rotatable bonds is 5. The fraction of sp³-hybridized carbons (Fsp3) is 0.765. The molecule has 2 aliphatic carbocycles. The van der Waals surface area contributed by atoms with Crippen molar-refractivity contribution in [2.24, 2.45) is 0 Å². The van der Waals surface area contributed by atoms with Gasteiger partial charge in [-0.1, -0.05) is 0 Å². The summed E-state index contributed by atoms with van der Waals surface area (Å²) in [6.45, 7) is 6.49. The van der Waals surface area contributed by atoms with Gasteiger partial charge in [-0.25, -0.2) is 0 Å². The maximum absolute atomic E-state index is 5.93. The minimum Gasteiger partial charge on any atom is -0.375 e. The van der Waals surface area contributed by atoms with Gasteiger partial charge in [-0.2, -0.15) is 0 Å². The lowest BCUT2D eigenvalue weighted by Gasteiger charge is -2.37. The summed E-state index contributed by atoms with van der Waals surface area (Å²) in [6.07, 6.45) is 7.17. The van der Waals surface area contributed by atoms with Crippen LogP contribution in [0.25, 0.3) is 0 Å². The van der Waals surface area contributed by atoms with E-state index in [1.807, 2.05) is 11.3 Å². The summed E-state index contributed by atoms with van der Waals surface area (Å²) in [5.74, 6) is 0. The molecular weight excluding hydrogens is 280 g/mol. The first-order valence-electron chi connectivity index (χ1n) is 8.47. The Bertz CT molecular complexity index is 497. The number of morpholine rings is 1. The molecule has 2 unspecified atom stereocenters. The Balaban J connectivity index is 1.40. The molecule has 2 heterocycles. The monoisotopic (exact) mass is 306 g/mol. The molecule has 116 valence electrons. The van der Waals surface area contributed by atoms with Gasteiger partial charge >= 0.3 is 0 Å². The van der Waals surface area contributed by atoms with Crippen LogP contribution >= 0.6 is 11.3 Å². The van der Waals surface area contributed by atoms with Crippen LogP contribution in [0.4, 0.5) is 0 Å². The number of thiophene rings is 1. The van der Waals surface area contributed by atoms with Crippen LogP contribution in [0.2, 0.25) is 0 Å². The molecule has 1 aromatic heterocycles. The summed E-state index contributed by atoms with van der Waals surface area (Å²) < 4.78 is 5.93. The minimum absolute atomic E-state index is 0.508. The molecule has 0 radical (unpaired) electrons. The molecule has 1 aliphatic heterocycles. The second kappa shape index (κ2) is 5.99. The van der Waals surface area contributed by atoms with Crippen LogP contribution in [0, 0.1) is 6.92 Å². The number of aryl methyl sites for hydroxylation is 1. The number of ether oxygens (including phenoxy) is 1. The van der Waals surface area contributed by atoms with E-state index in [-0.39, 0.29) is 0 Å². The van der Waals surface area contributed by atoms with Crippen molar-refractivity contribution < 1.29 is 4.74 Å². The van der Waals surface area contributed by atoms with Crippen molar-refractivity contribution in [1.82, 2.24) is 10.2 Å². The van der Waals surface area contributed by atoms with E-state index in [0.29, 0.717) is 12.1 Å². The first-order valence-corrected chi connectivity index (χ1v) is 9.28. The van der Waals surface area contributed by atoms with Crippen molar-refractivity contribution in [1.29, 1.82) is 0 Å². The quantitative estimate of drug-likeness (QED) is 0.905. The van der Waals surface area contributed by atoms with E-state index < -0.39 is 0 Å². The summed E-state index contributed by atoms with van der Waals surface area (Å²) >= 11 is 1.98. The third-order valence-electron chi connectivity index (χ3n) is 5.18. The first-order chi connectivity index (χ1) is 10.3. The van der Waals surface area contributed by atoms with Crippen LogP contribution in [0.3, 0.4) is 0 Å². The van der Waals surface area contributed by atoms with Crippen molar-refractivity contribution >= 4 is 11.3 Å². The maximum Gasteiger partial charge on any atom is 0.0731 e. The van der Waals surface area contributed by atoms with E-state index >= 15 is 0 Å². The molecule has 0 amide bonds. The van der Waals surface area contributed by atoms with E-state index in [9.17, 15) is 0 Å². The minimum atomic E-state index is 0.508. The van der Waals surface area contributed by atoms with Crippen molar-refractivity contribution in [3.63, 3.8) is 0 Å². The highest BCUT2D eigenvalue weighted by Gasteiger charge is 2.36. The van der Waals surface area contributed by atoms with Crippen LogP contribution in [-0.2, 0) is 17.8 Å². The second-order valence-corrected chi connectivity index (χ2v) is 8.17. The highest BCUT2D eigenvalue weighted by atomic mass is 32.1. The molecule has 1 aromatic rings. The van der Waals surface area contributed by atoms with Crippen molar-refractivity contribution in [3.8, 4) is 0 Å². The van der Waals surface area contributed by atoms with Gasteiger partial charge in [0, 0.05) is 41.5 Å². The topological polar surface area (TPSA) is 24.5 Å². The lowest BCUT2D eigenvalue weighted by atomic mass is 10.1. The van der Waals surface area contributed by atoms with Crippen LogP contribution in [0.5, 0.6) is 0 Å². The van der Waals surface area contributed by atoms with Crippen molar-refractivity contribution in [2.45, 2.75) is 70.3 Å². The van der Waals surface area contributed by atoms with E-state index in [1.165, 1.54) is 41.9 Å². The molecule has 4 heteroatoms. The van der Waals surface area contributed by atoms with Crippen LogP contribution in [-0.4, -0.2) is 36.2 Å². The van der Waals surface area contributed by atoms with Crippen molar-refractivity contribution in [3.05, 3.63) is 21.4 Å². The van der Waals surface area contributed by atoms with Gasteiger partial charge in [-0.3, -0.25) is 4.90 Å². The Morgan fingerprint density at radius 3 is 3.10 bits per heavy atom. The normalized spacial score (nSPS) is 29.8. The third-order valence-corrected chi connectivity index (χ3v) is 6.28. The highest BCUT2D eigenvalue weighted by Crippen LogP contribution is 2.32. The fourth-order valence-corrected chi connectivity index (χ4v) is 4.79. The fourth-order valence-electron chi connectivity index (χ4n) is 3.78. The van der Waals surface area contributed by atoms with E-state index in [1.54, 1.807) is 5.56 Å². The van der Waals surface area contributed by atoms with Gasteiger partial charge in [-0.15, -0.1) is 11.3 Å². The lowest BCUT2D eigenvalue weighted by molar-refractivity contribution is -0.0588. The zero-order chi connectivity index (χ0) is 14.2. The smallest absolute Gasteiger partial charge is 0.0731 e. The van der Waals surface area contributed by atoms with Crippen LogP contribution in [0.1, 0.15) is 47.4 Å². The highest BCUT2D eigenvalue weighted by molar-refractivity contribution is 7.12. The van der Waals surface area contributed by atoms with Crippen LogP contribution in [0.15, 0.2) is 6.07 Å². The largest absolute Gasteiger partial charge is 0.375 e. The summed E-state index contributed by atoms with van der Waals surface area (Å²) in [6, 6.07) is 3.91.